The zero-order valence-electron chi connectivity index (χ0n) is 11.5. The fraction of sp³-hybridized carbons (Fsp3) is 0. The van der Waals surface area contributed by atoms with Crippen molar-refractivity contribution in [2.75, 3.05) is 4.90 Å². The van der Waals surface area contributed by atoms with E-state index in [1.54, 1.807) is 18.5 Å². The first kappa shape index (κ1) is 12.5. The number of nitrogens with zero attached hydrogens (tertiary/aromatic N) is 3. The highest BCUT2D eigenvalue weighted by molar-refractivity contribution is 6.28. The average Bonchev–Trinajstić information content (AvgIpc) is 3.11. The highest BCUT2D eigenvalue weighted by atomic mass is 16.2. The SMILES string of the molecule is O=C1C=CC(=O)N1c1cccc(-n2cnc3ccccc32)c1. The third kappa shape index (κ3) is 1.83. The van der Waals surface area contributed by atoms with E-state index in [1.165, 1.54) is 12.2 Å². The molecule has 22 heavy (non-hydrogen) atoms. The van der Waals surface area contributed by atoms with Crippen molar-refractivity contribution in [3.63, 3.8) is 0 Å². The van der Waals surface area contributed by atoms with Crippen molar-refractivity contribution < 1.29 is 9.59 Å². The molecular weight excluding hydrogens is 278 g/mol. The minimum absolute atomic E-state index is 0.322. The van der Waals surface area contributed by atoms with Gasteiger partial charge in [0.25, 0.3) is 11.8 Å². The van der Waals surface area contributed by atoms with Gasteiger partial charge in [0.1, 0.15) is 6.33 Å². The lowest BCUT2D eigenvalue weighted by Gasteiger charge is -2.15. The van der Waals surface area contributed by atoms with Crippen LogP contribution in [0.5, 0.6) is 0 Å². The van der Waals surface area contributed by atoms with E-state index in [1.807, 2.05) is 41.0 Å². The summed E-state index contributed by atoms with van der Waals surface area (Å²) in [6.45, 7) is 0. The number of aromatic nitrogens is 2. The molecule has 0 unspecified atom stereocenters. The average molecular weight is 289 g/mol. The van der Waals surface area contributed by atoms with Crippen molar-refractivity contribution in [3.8, 4) is 5.69 Å². The van der Waals surface area contributed by atoms with Gasteiger partial charge in [-0.2, -0.15) is 0 Å². The van der Waals surface area contributed by atoms with Gasteiger partial charge < -0.3 is 0 Å². The van der Waals surface area contributed by atoms with E-state index < -0.39 is 0 Å². The zero-order chi connectivity index (χ0) is 15.1. The van der Waals surface area contributed by atoms with Crippen LogP contribution in [-0.4, -0.2) is 21.4 Å². The third-order valence-electron chi connectivity index (χ3n) is 3.63. The number of imide groups is 1. The van der Waals surface area contributed by atoms with Gasteiger partial charge in [-0.1, -0.05) is 18.2 Å². The highest BCUT2D eigenvalue weighted by Crippen LogP contribution is 2.24. The number of anilines is 1. The van der Waals surface area contributed by atoms with Crippen LogP contribution in [0.15, 0.2) is 67.0 Å². The number of carbonyl (C=O) groups is 2. The number of hydrogen-bond donors (Lipinski definition) is 0. The van der Waals surface area contributed by atoms with Gasteiger partial charge in [0.2, 0.25) is 0 Å². The Morgan fingerprint density at radius 1 is 0.818 bits per heavy atom. The maximum atomic E-state index is 11.8. The molecule has 0 spiro atoms. The monoisotopic (exact) mass is 289 g/mol. The quantitative estimate of drug-likeness (QED) is 0.681. The van der Waals surface area contributed by atoms with Gasteiger partial charge in [0.15, 0.2) is 0 Å². The number of hydrogen-bond acceptors (Lipinski definition) is 3. The molecule has 0 saturated heterocycles. The second kappa shape index (κ2) is 4.66. The summed E-state index contributed by atoms with van der Waals surface area (Å²) in [6.07, 6.45) is 4.29. The molecule has 1 aromatic heterocycles. The summed E-state index contributed by atoms with van der Waals surface area (Å²) in [5, 5.41) is 0. The largest absolute Gasteiger partial charge is 0.299 e. The number of carbonyl (C=O) groups excluding carboxylic acids is 2. The Morgan fingerprint density at radius 3 is 2.36 bits per heavy atom. The van der Waals surface area contributed by atoms with Crippen LogP contribution >= 0.6 is 0 Å². The smallest absolute Gasteiger partial charge is 0.258 e. The summed E-state index contributed by atoms with van der Waals surface area (Å²) in [6, 6.07) is 15.1. The summed E-state index contributed by atoms with van der Waals surface area (Å²) in [5.74, 6) is -0.643. The first-order valence-corrected chi connectivity index (χ1v) is 6.83. The molecule has 0 fully saturated rings. The Hall–Kier alpha value is -3.21. The molecule has 3 aromatic rings. The molecule has 0 N–H and O–H groups in total. The maximum absolute atomic E-state index is 11.8. The maximum Gasteiger partial charge on any atom is 0.258 e. The molecule has 106 valence electrons. The van der Waals surface area contributed by atoms with Crippen LogP contribution in [0.3, 0.4) is 0 Å². The molecule has 0 bridgehead atoms. The Kier molecular flexibility index (Phi) is 2.66. The van der Waals surface area contributed by atoms with E-state index in [0.29, 0.717) is 5.69 Å². The highest BCUT2D eigenvalue weighted by Gasteiger charge is 2.25. The van der Waals surface area contributed by atoms with Gasteiger partial charge in [-0.15, -0.1) is 0 Å². The van der Waals surface area contributed by atoms with Gasteiger partial charge in [-0.25, -0.2) is 9.88 Å². The van der Waals surface area contributed by atoms with Crippen molar-refractivity contribution >= 4 is 28.5 Å². The molecule has 0 saturated carbocycles. The fourth-order valence-corrected chi connectivity index (χ4v) is 2.60. The minimum Gasteiger partial charge on any atom is -0.299 e. The molecule has 2 amide bonds. The van der Waals surface area contributed by atoms with Crippen molar-refractivity contribution in [3.05, 3.63) is 67.0 Å². The summed E-state index contributed by atoms with van der Waals surface area (Å²) < 4.78 is 1.93. The minimum atomic E-state index is -0.322. The van der Waals surface area contributed by atoms with E-state index in [9.17, 15) is 9.59 Å². The van der Waals surface area contributed by atoms with Crippen molar-refractivity contribution in [2.24, 2.45) is 0 Å². The fourth-order valence-electron chi connectivity index (χ4n) is 2.60. The lowest BCUT2D eigenvalue weighted by Crippen LogP contribution is -2.29. The molecular formula is C17H11N3O2. The number of rotatable bonds is 2. The normalized spacial score (nSPS) is 14.3. The van der Waals surface area contributed by atoms with Gasteiger partial charge in [0.05, 0.1) is 16.7 Å². The molecule has 2 heterocycles. The zero-order valence-corrected chi connectivity index (χ0v) is 11.5. The van der Waals surface area contributed by atoms with Crippen LogP contribution in [0.25, 0.3) is 16.7 Å². The molecule has 1 aliphatic heterocycles. The lowest BCUT2D eigenvalue weighted by atomic mass is 10.2. The van der Waals surface area contributed by atoms with E-state index >= 15 is 0 Å². The molecule has 5 heteroatoms. The van der Waals surface area contributed by atoms with Crippen molar-refractivity contribution in [2.45, 2.75) is 0 Å². The van der Waals surface area contributed by atoms with Crippen LogP contribution in [0, 0.1) is 0 Å². The van der Waals surface area contributed by atoms with Gasteiger partial charge >= 0.3 is 0 Å². The van der Waals surface area contributed by atoms with Crippen LogP contribution < -0.4 is 4.90 Å². The Balaban J connectivity index is 1.83. The van der Waals surface area contributed by atoms with Gasteiger partial charge in [-0.05, 0) is 30.3 Å². The van der Waals surface area contributed by atoms with Gasteiger partial charge in [-0.3, -0.25) is 14.2 Å². The van der Waals surface area contributed by atoms with E-state index in [2.05, 4.69) is 4.98 Å². The number of benzene rings is 2. The standard InChI is InChI=1S/C17H11N3O2/c21-16-8-9-17(22)20(16)13-5-3-4-12(10-13)19-11-18-14-6-1-2-7-15(14)19/h1-11H. The number of para-hydroxylation sites is 2. The molecule has 2 aromatic carbocycles. The second-order valence-corrected chi connectivity index (χ2v) is 4.97. The molecule has 4 rings (SSSR count). The molecule has 5 nitrogen and oxygen atoms in total. The molecule has 1 aliphatic rings. The molecule has 0 atom stereocenters. The number of amides is 2. The van der Waals surface area contributed by atoms with Gasteiger partial charge in [0, 0.05) is 17.8 Å². The Labute approximate surface area is 126 Å². The summed E-state index contributed by atoms with van der Waals surface area (Å²) in [4.78, 5) is 29.1. The van der Waals surface area contributed by atoms with E-state index in [-0.39, 0.29) is 11.8 Å². The lowest BCUT2D eigenvalue weighted by molar-refractivity contribution is -0.119. The number of fused-ring (bicyclic) bond motifs is 1. The third-order valence-corrected chi connectivity index (χ3v) is 3.63. The second-order valence-electron chi connectivity index (χ2n) is 4.97. The summed E-state index contributed by atoms with van der Waals surface area (Å²) >= 11 is 0. The van der Waals surface area contributed by atoms with E-state index in [0.717, 1.165) is 21.6 Å². The topological polar surface area (TPSA) is 55.2 Å². The van der Waals surface area contributed by atoms with Crippen molar-refractivity contribution in [1.29, 1.82) is 0 Å². The van der Waals surface area contributed by atoms with Crippen LogP contribution in [0.1, 0.15) is 0 Å². The first-order valence-electron chi connectivity index (χ1n) is 6.83. The van der Waals surface area contributed by atoms with E-state index in [4.69, 9.17) is 0 Å². The molecule has 0 aliphatic carbocycles. The van der Waals surface area contributed by atoms with Crippen LogP contribution in [0.4, 0.5) is 5.69 Å². The predicted molar refractivity (Wildman–Crippen MR) is 82.7 cm³/mol. The first-order chi connectivity index (χ1) is 10.7. The summed E-state index contributed by atoms with van der Waals surface area (Å²) in [7, 11) is 0. The Morgan fingerprint density at radius 2 is 1.55 bits per heavy atom. The predicted octanol–water partition coefficient (Wildman–Crippen LogP) is 2.45. The van der Waals surface area contributed by atoms with Crippen molar-refractivity contribution in [1.82, 2.24) is 9.55 Å². The number of imidazole rings is 1. The summed E-state index contributed by atoms with van der Waals surface area (Å²) in [5.41, 5.74) is 3.26. The Bertz CT molecular complexity index is 922. The van der Waals surface area contributed by atoms with Crippen LogP contribution in [-0.2, 0) is 9.59 Å². The van der Waals surface area contributed by atoms with Crippen LogP contribution in [0.2, 0.25) is 0 Å². The molecule has 0 radical (unpaired) electrons.